The number of ether oxygens (including phenoxy) is 2. The van der Waals surface area contributed by atoms with Gasteiger partial charge in [0.15, 0.2) is 11.5 Å². The zero-order chi connectivity index (χ0) is 10.7. The molecule has 1 atom stereocenters. The van der Waals surface area contributed by atoms with Crippen molar-refractivity contribution in [3.63, 3.8) is 0 Å². The van der Waals surface area contributed by atoms with Crippen molar-refractivity contribution < 1.29 is 9.47 Å². The Labute approximate surface area is 89.2 Å². The molecule has 0 aromatic heterocycles. The molecule has 0 aliphatic carbocycles. The maximum atomic E-state index is 9.14. The molecule has 78 valence electrons. The quantitative estimate of drug-likeness (QED) is 0.741. The molecular formula is C12H13NO2. The summed E-state index contributed by atoms with van der Waals surface area (Å²) in [5, 5.41) is 9.14. The third kappa shape index (κ3) is 1.75. The highest BCUT2D eigenvalue weighted by Crippen LogP contribution is 2.36. The summed E-state index contributed by atoms with van der Waals surface area (Å²) >= 11 is 0. The van der Waals surface area contributed by atoms with E-state index in [2.05, 4.69) is 6.07 Å². The van der Waals surface area contributed by atoms with Gasteiger partial charge in [-0.1, -0.05) is 25.5 Å². The highest BCUT2D eigenvalue weighted by atomic mass is 16.6. The molecule has 0 spiro atoms. The SMILES string of the molecule is CCCC1(C#N)COc2ccccc2O1. The van der Waals surface area contributed by atoms with Crippen molar-refractivity contribution in [2.75, 3.05) is 6.61 Å². The van der Waals surface area contributed by atoms with Crippen LogP contribution < -0.4 is 9.47 Å². The standard InChI is InChI=1S/C12H13NO2/c1-2-7-12(8-13)9-14-10-5-3-4-6-11(10)15-12/h3-6H,2,7,9H2,1H3. The number of hydrogen-bond donors (Lipinski definition) is 0. The van der Waals surface area contributed by atoms with Crippen molar-refractivity contribution >= 4 is 0 Å². The van der Waals surface area contributed by atoms with Crippen LogP contribution in [0.4, 0.5) is 0 Å². The Kier molecular flexibility index (Phi) is 2.51. The van der Waals surface area contributed by atoms with Crippen LogP contribution in [0.5, 0.6) is 11.5 Å². The first-order valence-corrected chi connectivity index (χ1v) is 5.12. The summed E-state index contributed by atoms with van der Waals surface area (Å²) in [5.74, 6) is 1.39. The average Bonchev–Trinajstić information content (AvgIpc) is 2.29. The molecule has 0 bridgehead atoms. The van der Waals surface area contributed by atoms with Crippen LogP contribution in [0, 0.1) is 11.3 Å². The van der Waals surface area contributed by atoms with E-state index in [0.29, 0.717) is 18.8 Å². The minimum atomic E-state index is -0.802. The molecule has 0 saturated carbocycles. The molecule has 0 fully saturated rings. The summed E-state index contributed by atoms with van der Waals surface area (Å²) in [4.78, 5) is 0. The molecule has 0 N–H and O–H groups in total. The molecular weight excluding hydrogens is 190 g/mol. The van der Waals surface area contributed by atoms with Crippen LogP contribution in [-0.2, 0) is 0 Å². The van der Waals surface area contributed by atoms with E-state index in [4.69, 9.17) is 14.7 Å². The molecule has 1 unspecified atom stereocenters. The smallest absolute Gasteiger partial charge is 0.227 e. The minimum absolute atomic E-state index is 0.314. The number of fused-ring (bicyclic) bond motifs is 1. The van der Waals surface area contributed by atoms with Gasteiger partial charge in [-0.2, -0.15) is 5.26 Å². The molecule has 1 aromatic carbocycles. The Bertz CT molecular complexity index is 397. The zero-order valence-corrected chi connectivity index (χ0v) is 8.69. The van der Waals surface area contributed by atoms with Crippen molar-refractivity contribution in [2.45, 2.75) is 25.4 Å². The lowest BCUT2D eigenvalue weighted by Crippen LogP contribution is -2.43. The monoisotopic (exact) mass is 203 g/mol. The summed E-state index contributed by atoms with van der Waals surface area (Å²) in [6.07, 6.45) is 1.59. The molecule has 3 heteroatoms. The van der Waals surface area contributed by atoms with Gasteiger partial charge in [0, 0.05) is 6.42 Å². The van der Waals surface area contributed by atoms with E-state index in [0.717, 1.165) is 12.2 Å². The van der Waals surface area contributed by atoms with Gasteiger partial charge in [-0.3, -0.25) is 0 Å². The van der Waals surface area contributed by atoms with Crippen LogP contribution in [-0.4, -0.2) is 12.2 Å². The number of nitrogens with zero attached hydrogens (tertiary/aromatic N) is 1. The van der Waals surface area contributed by atoms with Crippen molar-refractivity contribution in [3.05, 3.63) is 24.3 Å². The lowest BCUT2D eigenvalue weighted by molar-refractivity contribution is 0.0288. The average molecular weight is 203 g/mol. The predicted molar refractivity (Wildman–Crippen MR) is 55.8 cm³/mol. The van der Waals surface area contributed by atoms with Gasteiger partial charge in [-0.05, 0) is 12.1 Å². The first-order chi connectivity index (χ1) is 7.29. The Balaban J connectivity index is 2.28. The first-order valence-electron chi connectivity index (χ1n) is 5.12. The predicted octanol–water partition coefficient (Wildman–Crippen LogP) is 2.52. The molecule has 15 heavy (non-hydrogen) atoms. The molecule has 0 amide bonds. The van der Waals surface area contributed by atoms with Crippen LogP contribution >= 0.6 is 0 Å². The van der Waals surface area contributed by atoms with E-state index in [-0.39, 0.29) is 0 Å². The van der Waals surface area contributed by atoms with Crippen molar-refractivity contribution in [2.24, 2.45) is 0 Å². The van der Waals surface area contributed by atoms with Gasteiger partial charge in [-0.25, -0.2) is 0 Å². The van der Waals surface area contributed by atoms with E-state index < -0.39 is 5.60 Å². The van der Waals surface area contributed by atoms with Gasteiger partial charge in [0.25, 0.3) is 0 Å². The third-order valence-corrected chi connectivity index (χ3v) is 2.47. The van der Waals surface area contributed by atoms with E-state index in [1.165, 1.54) is 0 Å². The van der Waals surface area contributed by atoms with E-state index in [1.807, 2.05) is 31.2 Å². The molecule has 2 rings (SSSR count). The summed E-state index contributed by atoms with van der Waals surface area (Å²) in [6, 6.07) is 9.66. The van der Waals surface area contributed by atoms with Crippen LogP contribution in [0.15, 0.2) is 24.3 Å². The Morgan fingerprint density at radius 2 is 2.13 bits per heavy atom. The molecule has 3 nitrogen and oxygen atoms in total. The number of benzene rings is 1. The van der Waals surface area contributed by atoms with E-state index >= 15 is 0 Å². The van der Waals surface area contributed by atoms with Crippen LogP contribution in [0.3, 0.4) is 0 Å². The van der Waals surface area contributed by atoms with E-state index in [9.17, 15) is 0 Å². The number of nitriles is 1. The van der Waals surface area contributed by atoms with Crippen LogP contribution in [0.25, 0.3) is 0 Å². The highest BCUT2D eigenvalue weighted by Gasteiger charge is 2.37. The molecule has 1 aliphatic heterocycles. The second-order valence-electron chi connectivity index (χ2n) is 3.69. The maximum Gasteiger partial charge on any atom is 0.227 e. The Morgan fingerprint density at radius 1 is 1.40 bits per heavy atom. The lowest BCUT2D eigenvalue weighted by Gasteiger charge is -2.32. The van der Waals surface area contributed by atoms with Crippen molar-refractivity contribution in [3.8, 4) is 17.6 Å². The molecule has 1 aromatic rings. The normalized spacial score (nSPS) is 23.2. The van der Waals surface area contributed by atoms with Crippen molar-refractivity contribution in [1.82, 2.24) is 0 Å². The fourth-order valence-corrected chi connectivity index (χ4v) is 1.73. The second kappa shape index (κ2) is 3.82. The summed E-state index contributed by atoms with van der Waals surface area (Å²) < 4.78 is 11.3. The summed E-state index contributed by atoms with van der Waals surface area (Å²) in [6.45, 7) is 2.34. The summed E-state index contributed by atoms with van der Waals surface area (Å²) in [5.41, 5.74) is -0.802. The van der Waals surface area contributed by atoms with Crippen molar-refractivity contribution in [1.29, 1.82) is 5.26 Å². The van der Waals surface area contributed by atoms with Gasteiger partial charge in [0.05, 0.1) is 0 Å². The van der Waals surface area contributed by atoms with Crippen LogP contribution in [0.1, 0.15) is 19.8 Å². The van der Waals surface area contributed by atoms with Crippen LogP contribution in [0.2, 0.25) is 0 Å². The minimum Gasteiger partial charge on any atom is -0.484 e. The highest BCUT2D eigenvalue weighted by molar-refractivity contribution is 5.42. The van der Waals surface area contributed by atoms with Gasteiger partial charge >= 0.3 is 0 Å². The number of rotatable bonds is 2. The van der Waals surface area contributed by atoms with Gasteiger partial charge in [0.2, 0.25) is 5.60 Å². The Morgan fingerprint density at radius 3 is 2.80 bits per heavy atom. The first kappa shape index (κ1) is 9.85. The molecule has 1 heterocycles. The largest absolute Gasteiger partial charge is 0.484 e. The number of hydrogen-bond acceptors (Lipinski definition) is 3. The molecule has 0 radical (unpaired) electrons. The molecule has 1 aliphatic rings. The summed E-state index contributed by atoms with van der Waals surface area (Å²) in [7, 11) is 0. The van der Waals surface area contributed by atoms with Gasteiger partial charge in [-0.15, -0.1) is 0 Å². The Hall–Kier alpha value is -1.69. The second-order valence-corrected chi connectivity index (χ2v) is 3.69. The fourth-order valence-electron chi connectivity index (χ4n) is 1.73. The van der Waals surface area contributed by atoms with Gasteiger partial charge < -0.3 is 9.47 Å². The maximum absolute atomic E-state index is 9.14. The third-order valence-electron chi connectivity index (χ3n) is 2.47. The van der Waals surface area contributed by atoms with Gasteiger partial charge in [0.1, 0.15) is 12.7 Å². The molecule has 0 saturated heterocycles. The topological polar surface area (TPSA) is 42.2 Å². The fraction of sp³-hybridized carbons (Fsp3) is 0.417. The lowest BCUT2D eigenvalue weighted by atomic mass is 9.99. The zero-order valence-electron chi connectivity index (χ0n) is 8.69. The van der Waals surface area contributed by atoms with E-state index in [1.54, 1.807) is 0 Å². The number of para-hydroxylation sites is 2.